The van der Waals surface area contributed by atoms with Gasteiger partial charge in [-0.25, -0.2) is 9.78 Å². The molecular weight excluding hydrogens is 310 g/mol. The molecule has 0 aromatic carbocycles. The molecule has 0 bridgehead atoms. The predicted molar refractivity (Wildman–Crippen MR) is 88.0 cm³/mol. The summed E-state index contributed by atoms with van der Waals surface area (Å²) in [4.78, 5) is 35.2. The van der Waals surface area contributed by atoms with Gasteiger partial charge < -0.3 is 20.6 Å². The van der Waals surface area contributed by atoms with Gasteiger partial charge in [-0.2, -0.15) is 0 Å². The molecule has 0 aliphatic carbocycles. The van der Waals surface area contributed by atoms with Gasteiger partial charge in [0.15, 0.2) is 5.82 Å². The summed E-state index contributed by atoms with van der Waals surface area (Å²) < 4.78 is 0. The molecule has 1 fully saturated rings. The van der Waals surface area contributed by atoms with Crippen molar-refractivity contribution in [1.82, 2.24) is 14.9 Å². The van der Waals surface area contributed by atoms with Crippen molar-refractivity contribution in [1.29, 1.82) is 0 Å². The van der Waals surface area contributed by atoms with Crippen LogP contribution in [-0.2, 0) is 0 Å². The Hall–Kier alpha value is -3.16. The molecule has 1 saturated heterocycles. The molecule has 8 nitrogen and oxygen atoms in total. The highest BCUT2D eigenvalue weighted by atomic mass is 16.4. The lowest BCUT2D eigenvalue weighted by molar-refractivity contribution is 0.0691. The first-order chi connectivity index (χ1) is 11.6. The van der Waals surface area contributed by atoms with Crippen molar-refractivity contribution in [2.24, 2.45) is 0 Å². The van der Waals surface area contributed by atoms with E-state index in [9.17, 15) is 9.59 Å². The average Bonchev–Trinajstić information content (AvgIpc) is 2.62. The minimum Gasteiger partial charge on any atom is -0.478 e. The number of rotatable bonds is 3. The summed E-state index contributed by atoms with van der Waals surface area (Å²) in [6, 6.07) is 6.40. The van der Waals surface area contributed by atoms with Crippen LogP contribution >= 0.6 is 0 Å². The first-order valence-corrected chi connectivity index (χ1v) is 7.50. The molecule has 1 amide bonds. The highest BCUT2D eigenvalue weighted by molar-refractivity contribution is 5.94. The van der Waals surface area contributed by atoms with Crippen LogP contribution in [0.1, 0.15) is 20.8 Å². The lowest BCUT2D eigenvalue weighted by Crippen LogP contribution is -2.49. The number of anilines is 2. The number of nitrogen functional groups attached to an aromatic ring is 1. The van der Waals surface area contributed by atoms with Crippen LogP contribution in [0.15, 0.2) is 36.7 Å². The summed E-state index contributed by atoms with van der Waals surface area (Å²) in [6.07, 6.45) is 2.89. The molecule has 2 aromatic heterocycles. The van der Waals surface area contributed by atoms with Crippen molar-refractivity contribution in [2.45, 2.75) is 0 Å². The first kappa shape index (κ1) is 15.7. The van der Waals surface area contributed by atoms with Gasteiger partial charge in [0.25, 0.3) is 5.91 Å². The van der Waals surface area contributed by atoms with E-state index >= 15 is 0 Å². The van der Waals surface area contributed by atoms with Gasteiger partial charge in [-0.05, 0) is 24.3 Å². The Kier molecular flexibility index (Phi) is 4.28. The van der Waals surface area contributed by atoms with Gasteiger partial charge in [0.05, 0.1) is 11.3 Å². The normalized spacial score (nSPS) is 14.5. The molecule has 8 heteroatoms. The fourth-order valence-electron chi connectivity index (χ4n) is 2.60. The molecule has 2 aromatic rings. The van der Waals surface area contributed by atoms with E-state index < -0.39 is 5.97 Å². The quantitative estimate of drug-likeness (QED) is 0.854. The second-order valence-electron chi connectivity index (χ2n) is 5.43. The summed E-state index contributed by atoms with van der Waals surface area (Å²) in [6.45, 7) is 2.30. The molecule has 0 saturated carbocycles. The number of aromatic carboxylic acids is 1. The van der Waals surface area contributed by atoms with Crippen LogP contribution in [0.25, 0.3) is 0 Å². The van der Waals surface area contributed by atoms with E-state index in [4.69, 9.17) is 10.8 Å². The molecule has 3 N–H and O–H groups in total. The Labute approximate surface area is 138 Å². The van der Waals surface area contributed by atoms with Crippen molar-refractivity contribution in [3.8, 4) is 0 Å². The van der Waals surface area contributed by atoms with Crippen LogP contribution < -0.4 is 10.6 Å². The van der Waals surface area contributed by atoms with Gasteiger partial charge >= 0.3 is 5.97 Å². The third-order valence-electron chi connectivity index (χ3n) is 3.91. The first-order valence-electron chi connectivity index (χ1n) is 7.50. The number of nitrogens with zero attached hydrogens (tertiary/aromatic N) is 4. The molecule has 0 spiro atoms. The monoisotopic (exact) mass is 327 g/mol. The van der Waals surface area contributed by atoms with Crippen LogP contribution in [0, 0.1) is 0 Å². The number of amides is 1. The fourth-order valence-corrected chi connectivity index (χ4v) is 2.60. The van der Waals surface area contributed by atoms with E-state index in [-0.39, 0.29) is 17.2 Å². The molecule has 24 heavy (non-hydrogen) atoms. The van der Waals surface area contributed by atoms with Gasteiger partial charge in [0.2, 0.25) is 0 Å². The SMILES string of the molecule is Nc1cccnc1N1CCN(C(=O)c2ccc(C(=O)O)cn2)CC1. The summed E-state index contributed by atoms with van der Waals surface area (Å²) in [7, 11) is 0. The number of carbonyl (C=O) groups is 2. The zero-order valence-corrected chi connectivity index (χ0v) is 12.9. The standard InChI is InChI=1S/C16H17N5O3/c17-12-2-1-5-18-14(12)20-6-8-21(9-7-20)15(22)13-4-3-11(10-19-13)16(23)24/h1-5,10H,6-9,17H2,(H,23,24). The van der Waals surface area contributed by atoms with Crippen molar-refractivity contribution in [3.63, 3.8) is 0 Å². The van der Waals surface area contributed by atoms with E-state index in [1.54, 1.807) is 23.2 Å². The summed E-state index contributed by atoms with van der Waals surface area (Å²) >= 11 is 0. The summed E-state index contributed by atoms with van der Waals surface area (Å²) in [5.41, 5.74) is 6.85. The molecule has 3 heterocycles. The molecule has 3 rings (SSSR count). The number of hydrogen-bond acceptors (Lipinski definition) is 6. The number of piperazine rings is 1. The largest absolute Gasteiger partial charge is 0.478 e. The zero-order chi connectivity index (χ0) is 17.1. The van der Waals surface area contributed by atoms with Gasteiger partial charge in [0.1, 0.15) is 5.69 Å². The van der Waals surface area contributed by atoms with E-state index in [1.165, 1.54) is 18.3 Å². The summed E-state index contributed by atoms with van der Waals surface area (Å²) in [5.74, 6) is -0.544. The molecular formula is C16H17N5O3. The number of carbonyl (C=O) groups excluding carboxylic acids is 1. The minimum absolute atomic E-state index is 0.0574. The molecule has 1 aliphatic rings. The Morgan fingerprint density at radius 1 is 1.08 bits per heavy atom. The van der Waals surface area contributed by atoms with E-state index in [1.807, 2.05) is 4.90 Å². The fraction of sp³-hybridized carbons (Fsp3) is 0.250. The topological polar surface area (TPSA) is 113 Å². The Balaban J connectivity index is 1.65. The molecule has 0 unspecified atom stereocenters. The Morgan fingerprint density at radius 3 is 2.42 bits per heavy atom. The molecule has 0 atom stereocenters. The van der Waals surface area contributed by atoms with Crippen molar-refractivity contribution >= 4 is 23.4 Å². The van der Waals surface area contributed by atoms with Gasteiger partial charge in [-0.1, -0.05) is 0 Å². The lowest BCUT2D eigenvalue weighted by atomic mass is 10.2. The van der Waals surface area contributed by atoms with E-state index in [0.29, 0.717) is 31.9 Å². The minimum atomic E-state index is -1.07. The molecule has 124 valence electrons. The number of carboxylic acids is 1. The van der Waals surface area contributed by atoms with Crippen LogP contribution in [0.2, 0.25) is 0 Å². The van der Waals surface area contributed by atoms with Gasteiger partial charge in [0, 0.05) is 38.6 Å². The number of hydrogen-bond donors (Lipinski definition) is 2. The smallest absolute Gasteiger partial charge is 0.337 e. The Morgan fingerprint density at radius 2 is 1.83 bits per heavy atom. The van der Waals surface area contributed by atoms with Crippen molar-refractivity contribution < 1.29 is 14.7 Å². The number of nitrogens with two attached hydrogens (primary N) is 1. The second-order valence-corrected chi connectivity index (χ2v) is 5.43. The number of pyridine rings is 2. The highest BCUT2D eigenvalue weighted by Crippen LogP contribution is 2.21. The number of aromatic nitrogens is 2. The lowest BCUT2D eigenvalue weighted by Gasteiger charge is -2.35. The van der Waals surface area contributed by atoms with Crippen LogP contribution in [0.5, 0.6) is 0 Å². The third kappa shape index (κ3) is 3.12. The van der Waals surface area contributed by atoms with E-state index in [2.05, 4.69) is 9.97 Å². The zero-order valence-electron chi connectivity index (χ0n) is 12.9. The third-order valence-corrected chi connectivity index (χ3v) is 3.91. The molecule has 0 radical (unpaired) electrons. The second kappa shape index (κ2) is 6.53. The van der Waals surface area contributed by atoms with Crippen molar-refractivity contribution in [3.05, 3.63) is 47.9 Å². The van der Waals surface area contributed by atoms with Gasteiger partial charge in [-0.3, -0.25) is 9.78 Å². The van der Waals surface area contributed by atoms with E-state index in [0.717, 1.165) is 5.82 Å². The Bertz CT molecular complexity index is 755. The maximum Gasteiger partial charge on any atom is 0.337 e. The maximum absolute atomic E-state index is 12.4. The highest BCUT2D eigenvalue weighted by Gasteiger charge is 2.24. The molecule has 1 aliphatic heterocycles. The summed E-state index contributed by atoms with van der Waals surface area (Å²) in [5, 5.41) is 8.87. The van der Waals surface area contributed by atoms with Crippen molar-refractivity contribution in [2.75, 3.05) is 36.8 Å². The maximum atomic E-state index is 12.4. The number of carboxylic acid groups (broad SMARTS) is 1. The predicted octanol–water partition coefficient (Wildman–Crippen LogP) is 0.719. The van der Waals surface area contributed by atoms with Crippen LogP contribution in [0.4, 0.5) is 11.5 Å². The average molecular weight is 327 g/mol. The van der Waals surface area contributed by atoms with Gasteiger partial charge in [-0.15, -0.1) is 0 Å². The van der Waals surface area contributed by atoms with Crippen LogP contribution in [-0.4, -0.2) is 58.0 Å². The van der Waals surface area contributed by atoms with Crippen LogP contribution in [0.3, 0.4) is 0 Å².